The lowest BCUT2D eigenvalue weighted by molar-refractivity contribution is -0.385. The highest BCUT2D eigenvalue weighted by molar-refractivity contribution is 5.73. The second kappa shape index (κ2) is 21.2. The highest BCUT2D eigenvalue weighted by atomic mass is 16.8. The zero-order valence-corrected chi connectivity index (χ0v) is 33.0. The van der Waals surface area contributed by atoms with Crippen LogP contribution in [0.3, 0.4) is 0 Å². The van der Waals surface area contributed by atoms with Gasteiger partial charge in [0.25, 0.3) is 0 Å². The Morgan fingerprint density at radius 1 is 0.517 bits per heavy atom. The van der Waals surface area contributed by atoms with Crippen molar-refractivity contribution >= 4 is 23.9 Å². The number of esters is 2. The largest absolute Gasteiger partial charge is 0.479 e. The Morgan fingerprint density at radius 3 is 1.53 bits per heavy atom. The third kappa shape index (κ3) is 10.4. The molecule has 0 aromatic rings. The van der Waals surface area contributed by atoms with Crippen LogP contribution in [0.1, 0.15) is 20.8 Å². The van der Waals surface area contributed by atoms with Gasteiger partial charge in [-0.3, -0.25) is 9.59 Å². The van der Waals surface area contributed by atoms with Crippen LogP contribution < -0.4 is 0 Å². The fourth-order valence-electron chi connectivity index (χ4n) is 7.45. The second-order valence-corrected chi connectivity index (χ2v) is 13.8. The second-order valence-electron chi connectivity index (χ2n) is 13.8. The van der Waals surface area contributed by atoms with E-state index in [1.165, 1.54) is 35.5 Å². The lowest BCUT2D eigenvalue weighted by Gasteiger charge is -2.50. The van der Waals surface area contributed by atoms with E-state index in [1.807, 2.05) is 0 Å². The quantitative estimate of drug-likeness (QED) is 0.0763. The number of aliphatic carboxylic acids is 2. The van der Waals surface area contributed by atoms with E-state index in [2.05, 4.69) is 0 Å². The molecule has 4 saturated heterocycles. The fourth-order valence-corrected chi connectivity index (χ4v) is 7.45. The van der Waals surface area contributed by atoms with Crippen molar-refractivity contribution in [2.24, 2.45) is 5.92 Å². The lowest BCUT2D eigenvalue weighted by Crippen LogP contribution is -2.68. The Kier molecular flexibility index (Phi) is 17.5. The summed E-state index contributed by atoms with van der Waals surface area (Å²) in [7, 11) is 6.16. The van der Waals surface area contributed by atoms with Crippen molar-refractivity contribution in [1.29, 1.82) is 0 Å². The van der Waals surface area contributed by atoms with E-state index in [1.54, 1.807) is 6.92 Å². The molecule has 6 N–H and O–H groups in total. The van der Waals surface area contributed by atoms with Gasteiger partial charge in [-0.05, 0) is 0 Å². The van der Waals surface area contributed by atoms with Gasteiger partial charge in [0.1, 0.15) is 73.8 Å². The third-order valence-electron chi connectivity index (χ3n) is 10.2. The number of aliphatic hydroxyl groups is 4. The molecule has 4 aliphatic rings. The number of rotatable bonds is 17. The highest BCUT2D eigenvalue weighted by Crippen LogP contribution is 2.38. The summed E-state index contributed by atoms with van der Waals surface area (Å²) in [5, 5.41) is 63.4. The van der Waals surface area contributed by atoms with Gasteiger partial charge >= 0.3 is 23.9 Å². The van der Waals surface area contributed by atoms with Crippen LogP contribution in [0.15, 0.2) is 0 Å². The first-order chi connectivity index (χ1) is 27.5. The molecule has 0 saturated carbocycles. The maximum atomic E-state index is 12.8. The number of carbonyl (C=O) groups excluding carboxylic acids is 2. The number of methoxy groups -OCH3 is 5. The number of carboxylic acid groups (broad SMARTS) is 2. The van der Waals surface area contributed by atoms with Crippen molar-refractivity contribution in [3.8, 4) is 0 Å². The number of hydrogen-bond acceptors (Lipinski definition) is 22. The number of aliphatic hydroxyl groups excluding tert-OH is 4. The molecule has 24 heteroatoms. The van der Waals surface area contributed by atoms with Crippen molar-refractivity contribution in [3.63, 3.8) is 0 Å². The highest BCUT2D eigenvalue weighted by Gasteiger charge is 2.58. The van der Waals surface area contributed by atoms with Gasteiger partial charge in [-0.15, -0.1) is 0 Å². The molecule has 0 radical (unpaired) electrons. The number of hydrogen-bond donors (Lipinski definition) is 6. The van der Waals surface area contributed by atoms with Crippen LogP contribution in [-0.4, -0.2) is 220 Å². The number of carbonyl (C=O) groups is 4. The topological polar surface area (TPSA) is 319 Å². The number of carboxylic acids is 2. The van der Waals surface area contributed by atoms with Crippen LogP contribution in [-0.2, 0) is 85.5 Å². The van der Waals surface area contributed by atoms with Gasteiger partial charge in [0, 0.05) is 55.3 Å². The molecule has 8 unspecified atom stereocenters. The van der Waals surface area contributed by atoms with E-state index < -0.39 is 160 Å². The first-order valence-electron chi connectivity index (χ1n) is 18.1. The maximum Gasteiger partial charge on any atom is 0.335 e. The van der Waals surface area contributed by atoms with E-state index in [0.717, 1.165) is 13.8 Å². The molecule has 4 heterocycles. The molecule has 0 aromatic carbocycles. The molecule has 4 fully saturated rings. The van der Waals surface area contributed by atoms with Crippen LogP contribution in [0.2, 0.25) is 0 Å². The molecule has 0 spiro atoms. The molecule has 4 aliphatic heterocycles. The van der Waals surface area contributed by atoms with E-state index in [9.17, 15) is 49.8 Å². The van der Waals surface area contributed by atoms with Crippen LogP contribution in [0.5, 0.6) is 0 Å². The van der Waals surface area contributed by atoms with Crippen LogP contribution in [0.4, 0.5) is 0 Å². The van der Waals surface area contributed by atoms with Gasteiger partial charge in [0.15, 0.2) is 43.5 Å². The molecule has 0 aliphatic carbocycles. The smallest absolute Gasteiger partial charge is 0.335 e. The summed E-state index contributed by atoms with van der Waals surface area (Å²) < 4.78 is 79.3. The van der Waals surface area contributed by atoms with Crippen molar-refractivity contribution < 1.29 is 116 Å². The van der Waals surface area contributed by atoms with E-state index in [0.29, 0.717) is 0 Å². The molecule has 334 valence electrons. The molecular weight excluding hydrogens is 792 g/mol. The summed E-state index contributed by atoms with van der Waals surface area (Å²) in [6, 6.07) is 0. The minimum Gasteiger partial charge on any atom is -0.479 e. The Balaban J connectivity index is 1.67. The fraction of sp³-hybridized carbons (Fsp3) is 0.882. The lowest BCUT2D eigenvalue weighted by atomic mass is 9.90. The minimum atomic E-state index is -2.02. The number of ether oxygens (including phenoxy) is 14. The summed E-state index contributed by atoms with van der Waals surface area (Å²) in [5.41, 5.74) is 0. The monoisotopic (exact) mass is 846 g/mol. The van der Waals surface area contributed by atoms with E-state index in [4.69, 9.17) is 66.3 Å². The predicted molar refractivity (Wildman–Crippen MR) is 181 cm³/mol. The van der Waals surface area contributed by atoms with Gasteiger partial charge in [-0.25, -0.2) is 9.59 Å². The van der Waals surface area contributed by atoms with Gasteiger partial charge < -0.3 is 97.0 Å². The Hall–Kier alpha value is -2.76. The van der Waals surface area contributed by atoms with Gasteiger partial charge in [0.2, 0.25) is 0 Å². The molecule has 0 aromatic heterocycles. The maximum absolute atomic E-state index is 12.8. The summed E-state index contributed by atoms with van der Waals surface area (Å²) in [4.78, 5) is 49.4. The Labute approximate surface area is 332 Å². The van der Waals surface area contributed by atoms with Crippen molar-refractivity contribution in [2.75, 3.05) is 48.8 Å². The van der Waals surface area contributed by atoms with Crippen LogP contribution in [0.25, 0.3) is 0 Å². The van der Waals surface area contributed by atoms with E-state index in [-0.39, 0.29) is 0 Å². The van der Waals surface area contributed by atoms with E-state index >= 15 is 0 Å². The molecule has 0 bridgehead atoms. The average Bonchev–Trinajstić information content (AvgIpc) is 3.18. The van der Waals surface area contributed by atoms with Gasteiger partial charge in [-0.1, -0.05) is 6.92 Å². The summed E-state index contributed by atoms with van der Waals surface area (Å²) in [6.45, 7) is 2.29. The Bertz CT molecular complexity index is 1370. The SMILES string of the molecule is COC1C(OC)[C@H](O[C@H]2O[C@@H](COC(C)=O)[C@@H](O[C@@H]3OC(C(=O)O)[C@@H](C)[C@H](OC)C3OC)C(OC(C)=O)C2O)[C@H](C(=O)O)O[C@@H]1O[C@@H]1C(CO)O[C@H](OC)C(O)[C@H]1O. The van der Waals surface area contributed by atoms with Crippen molar-refractivity contribution in [1.82, 2.24) is 0 Å². The molecule has 20 atom stereocenters. The molecular formula is C34H54O24. The van der Waals surface area contributed by atoms with Gasteiger partial charge in [0.05, 0.1) is 12.7 Å². The standard InChI is InChI=1S/C34H54O24/c1-11-19(45-4)27(47-6)33(54-20(11)29(41)42)56-22-15(10-50-12(2)36)53-32(18(40)23(22)51-13(3)37)57-25-24(46-5)28(48-7)34(58-26(25)30(43)44)55-21-14(9-35)52-31(49-8)17(39)16(21)38/h11,14-28,31-35,38-40H,9-10H2,1-8H3,(H,41,42)(H,43,44)/t11-,14?,15-,16+,17?,18?,19-,20?,21+,22+,23?,24?,25-,26+,27?,28?,31-,32+,33-,34-/m0/s1. The molecule has 4 rings (SSSR count). The average molecular weight is 847 g/mol. The first kappa shape index (κ1) is 47.9. The van der Waals surface area contributed by atoms with Gasteiger partial charge in [-0.2, -0.15) is 0 Å². The summed E-state index contributed by atoms with van der Waals surface area (Å²) in [5.74, 6) is -5.49. The minimum absolute atomic E-state index is 0.636. The molecule has 58 heavy (non-hydrogen) atoms. The van der Waals surface area contributed by atoms with Crippen LogP contribution >= 0.6 is 0 Å². The summed E-state index contributed by atoms with van der Waals surface area (Å²) >= 11 is 0. The van der Waals surface area contributed by atoms with Crippen molar-refractivity contribution in [2.45, 2.75) is 137 Å². The van der Waals surface area contributed by atoms with Crippen LogP contribution in [0, 0.1) is 5.92 Å². The zero-order chi connectivity index (χ0) is 43.2. The Morgan fingerprint density at radius 2 is 1.03 bits per heavy atom. The zero-order valence-electron chi connectivity index (χ0n) is 33.0. The molecule has 0 amide bonds. The van der Waals surface area contributed by atoms with Crippen molar-refractivity contribution in [3.05, 3.63) is 0 Å². The predicted octanol–water partition coefficient (Wildman–Crippen LogP) is -3.88. The third-order valence-corrected chi connectivity index (χ3v) is 10.2. The summed E-state index contributed by atoms with van der Waals surface area (Å²) in [6.07, 6.45) is -29.7. The normalized spacial score (nSPS) is 43.3. The first-order valence-corrected chi connectivity index (χ1v) is 18.1. The molecule has 24 nitrogen and oxygen atoms in total.